The maximum Gasteiger partial charge on any atom is 0.228 e. The first-order valence-corrected chi connectivity index (χ1v) is 5.72. The second-order valence-electron chi connectivity index (χ2n) is 4.24. The van der Waals surface area contributed by atoms with Gasteiger partial charge in [-0.3, -0.25) is 14.7 Å². The molecule has 1 aromatic heterocycles. The number of carbonyl (C=O) groups is 2. The van der Waals surface area contributed by atoms with Crippen LogP contribution in [-0.4, -0.2) is 40.0 Å². The number of rotatable bonds is 2. The molecule has 1 fully saturated rings. The fourth-order valence-electron chi connectivity index (χ4n) is 2.02. The highest BCUT2D eigenvalue weighted by molar-refractivity contribution is 5.91. The molecule has 6 nitrogen and oxygen atoms in total. The maximum atomic E-state index is 11.9. The number of likely N-dealkylation sites (tertiary alicyclic amines) is 1. The number of hydrogen-bond acceptors (Lipinski definition) is 3. The van der Waals surface area contributed by atoms with Crippen LogP contribution in [0.4, 0.5) is 5.82 Å². The Kier molecular flexibility index (Phi) is 3.41. The zero-order valence-electron chi connectivity index (χ0n) is 9.77. The van der Waals surface area contributed by atoms with Crippen molar-refractivity contribution in [3.8, 4) is 0 Å². The molecule has 1 aromatic rings. The summed E-state index contributed by atoms with van der Waals surface area (Å²) in [5.74, 6) is 0.674. The van der Waals surface area contributed by atoms with E-state index in [4.69, 9.17) is 0 Å². The number of H-pyrrole nitrogens is 1. The van der Waals surface area contributed by atoms with E-state index in [1.807, 2.05) is 0 Å². The highest BCUT2D eigenvalue weighted by Crippen LogP contribution is 2.18. The third-order valence-corrected chi connectivity index (χ3v) is 3.07. The molecule has 0 radical (unpaired) electrons. The summed E-state index contributed by atoms with van der Waals surface area (Å²) in [6.07, 6.45) is 3.03. The fourth-order valence-corrected chi connectivity index (χ4v) is 2.02. The lowest BCUT2D eigenvalue weighted by atomic mass is 9.96. The molecule has 0 unspecified atom stereocenters. The van der Waals surface area contributed by atoms with Crippen LogP contribution >= 0.6 is 0 Å². The van der Waals surface area contributed by atoms with Gasteiger partial charge in [0, 0.05) is 32.0 Å². The number of aromatic nitrogens is 2. The van der Waals surface area contributed by atoms with E-state index in [0.717, 1.165) is 12.8 Å². The van der Waals surface area contributed by atoms with Crippen LogP contribution < -0.4 is 5.32 Å². The summed E-state index contributed by atoms with van der Waals surface area (Å²) < 4.78 is 0. The van der Waals surface area contributed by atoms with Crippen LogP contribution in [0.25, 0.3) is 0 Å². The monoisotopic (exact) mass is 236 g/mol. The molecule has 0 bridgehead atoms. The minimum Gasteiger partial charge on any atom is -0.343 e. The average Bonchev–Trinajstić information content (AvgIpc) is 2.82. The zero-order valence-corrected chi connectivity index (χ0v) is 9.77. The highest BCUT2D eigenvalue weighted by Gasteiger charge is 2.26. The van der Waals surface area contributed by atoms with Crippen LogP contribution in [0, 0.1) is 5.92 Å². The van der Waals surface area contributed by atoms with Crippen molar-refractivity contribution >= 4 is 17.6 Å². The zero-order chi connectivity index (χ0) is 12.3. The molecule has 1 saturated heterocycles. The third kappa shape index (κ3) is 2.83. The molecule has 0 aromatic carbocycles. The molecule has 2 rings (SSSR count). The molecular formula is C11H16N4O2. The SMILES string of the molecule is CC(=O)N1CCC(C(=O)Nc2ccn[nH]2)CC1. The minimum atomic E-state index is -0.0195. The lowest BCUT2D eigenvalue weighted by molar-refractivity contribution is -0.132. The van der Waals surface area contributed by atoms with Gasteiger partial charge in [-0.1, -0.05) is 0 Å². The van der Waals surface area contributed by atoms with Crippen LogP contribution in [0.5, 0.6) is 0 Å². The smallest absolute Gasteiger partial charge is 0.228 e. The van der Waals surface area contributed by atoms with Gasteiger partial charge in [0.05, 0.1) is 6.20 Å². The normalized spacial score (nSPS) is 16.9. The van der Waals surface area contributed by atoms with Gasteiger partial charge >= 0.3 is 0 Å². The van der Waals surface area contributed by atoms with Crippen LogP contribution in [0.3, 0.4) is 0 Å². The van der Waals surface area contributed by atoms with Gasteiger partial charge in [0.25, 0.3) is 0 Å². The van der Waals surface area contributed by atoms with Gasteiger partial charge in [0.1, 0.15) is 5.82 Å². The van der Waals surface area contributed by atoms with Crippen LogP contribution in [0.1, 0.15) is 19.8 Å². The molecule has 92 valence electrons. The Hall–Kier alpha value is -1.85. The van der Waals surface area contributed by atoms with Crippen molar-refractivity contribution in [2.45, 2.75) is 19.8 Å². The standard InChI is InChI=1S/C11H16N4O2/c1-8(16)15-6-3-9(4-7-15)11(17)13-10-2-5-12-14-10/h2,5,9H,3-4,6-7H2,1H3,(H2,12,13,14,17). The molecule has 1 aliphatic heterocycles. The van der Waals surface area contributed by atoms with Crippen molar-refractivity contribution in [1.82, 2.24) is 15.1 Å². The average molecular weight is 236 g/mol. The number of hydrogen-bond donors (Lipinski definition) is 2. The van der Waals surface area contributed by atoms with Crippen molar-refractivity contribution in [2.75, 3.05) is 18.4 Å². The van der Waals surface area contributed by atoms with Crippen molar-refractivity contribution in [2.24, 2.45) is 5.92 Å². The predicted octanol–water partition coefficient (Wildman–Crippen LogP) is 0.607. The van der Waals surface area contributed by atoms with E-state index in [2.05, 4.69) is 15.5 Å². The predicted molar refractivity (Wildman–Crippen MR) is 62.2 cm³/mol. The number of nitrogens with one attached hydrogen (secondary N) is 2. The molecule has 0 saturated carbocycles. The summed E-state index contributed by atoms with van der Waals surface area (Å²) in [6.45, 7) is 2.89. The number of aromatic amines is 1. The topological polar surface area (TPSA) is 78.1 Å². The summed E-state index contributed by atoms with van der Waals surface area (Å²) in [5.41, 5.74) is 0. The Bertz CT molecular complexity index is 394. The molecular weight excluding hydrogens is 220 g/mol. The van der Waals surface area contributed by atoms with Gasteiger partial charge < -0.3 is 10.2 Å². The molecule has 0 atom stereocenters. The quantitative estimate of drug-likeness (QED) is 0.789. The second-order valence-corrected chi connectivity index (χ2v) is 4.24. The molecule has 2 N–H and O–H groups in total. The maximum absolute atomic E-state index is 11.9. The van der Waals surface area contributed by atoms with Gasteiger partial charge in [-0.2, -0.15) is 5.10 Å². The Morgan fingerprint density at radius 2 is 2.18 bits per heavy atom. The Morgan fingerprint density at radius 3 is 2.71 bits per heavy atom. The Balaban J connectivity index is 1.84. The summed E-state index contributed by atoms with van der Waals surface area (Å²) >= 11 is 0. The van der Waals surface area contributed by atoms with Crippen molar-refractivity contribution in [3.05, 3.63) is 12.3 Å². The molecule has 0 aliphatic carbocycles. The summed E-state index contributed by atoms with van der Waals surface area (Å²) in [7, 11) is 0. The third-order valence-electron chi connectivity index (χ3n) is 3.07. The highest BCUT2D eigenvalue weighted by atomic mass is 16.2. The van der Waals surface area contributed by atoms with Crippen LogP contribution in [0.2, 0.25) is 0 Å². The minimum absolute atomic E-state index is 0.00236. The fraction of sp³-hybridized carbons (Fsp3) is 0.545. The molecule has 6 heteroatoms. The number of anilines is 1. The summed E-state index contributed by atoms with van der Waals surface area (Å²) in [6, 6.07) is 1.71. The van der Waals surface area contributed by atoms with E-state index in [-0.39, 0.29) is 17.7 Å². The number of amides is 2. The lowest BCUT2D eigenvalue weighted by Gasteiger charge is -2.30. The molecule has 2 amide bonds. The second kappa shape index (κ2) is 4.99. The van der Waals surface area contributed by atoms with Gasteiger partial charge in [-0.15, -0.1) is 0 Å². The number of nitrogens with zero attached hydrogens (tertiary/aromatic N) is 2. The van der Waals surface area contributed by atoms with E-state index in [0.29, 0.717) is 18.9 Å². The summed E-state index contributed by atoms with van der Waals surface area (Å²) in [5, 5.41) is 9.23. The molecule has 1 aliphatic rings. The van der Waals surface area contributed by atoms with Gasteiger partial charge in [-0.05, 0) is 12.8 Å². The first kappa shape index (κ1) is 11.6. The molecule has 0 spiro atoms. The largest absolute Gasteiger partial charge is 0.343 e. The lowest BCUT2D eigenvalue weighted by Crippen LogP contribution is -2.40. The molecule has 2 heterocycles. The van der Waals surface area contributed by atoms with Crippen LogP contribution in [0.15, 0.2) is 12.3 Å². The first-order valence-electron chi connectivity index (χ1n) is 5.72. The van der Waals surface area contributed by atoms with E-state index < -0.39 is 0 Å². The first-order chi connectivity index (χ1) is 8.16. The van der Waals surface area contributed by atoms with Gasteiger partial charge in [0.2, 0.25) is 11.8 Å². The van der Waals surface area contributed by atoms with Crippen LogP contribution in [-0.2, 0) is 9.59 Å². The summed E-state index contributed by atoms with van der Waals surface area (Å²) in [4.78, 5) is 24.8. The van der Waals surface area contributed by atoms with Crippen molar-refractivity contribution in [1.29, 1.82) is 0 Å². The number of piperidine rings is 1. The van der Waals surface area contributed by atoms with E-state index in [9.17, 15) is 9.59 Å². The van der Waals surface area contributed by atoms with E-state index in [1.165, 1.54) is 0 Å². The van der Waals surface area contributed by atoms with E-state index in [1.54, 1.807) is 24.1 Å². The number of carbonyl (C=O) groups excluding carboxylic acids is 2. The van der Waals surface area contributed by atoms with E-state index >= 15 is 0 Å². The Labute approximate surface area is 99.4 Å². The van der Waals surface area contributed by atoms with Crippen molar-refractivity contribution < 1.29 is 9.59 Å². The Morgan fingerprint density at radius 1 is 1.47 bits per heavy atom. The van der Waals surface area contributed by atoms with Gasteiger partial charge in [-0.25, -0.2) is 0 Å². The van der Waals surface area contributed by atoms with Crippen molar-refractivity contribution in [3.63, 3.8) is 0 Å². The van der Waals surface area contributed by atoms with Gasteiger partial charge in [0.15, 0.2) is 0 Å². The molecule has 17 heavy (non-hydrogen) atoms.